The second-order valence-electron chi connectivity index (χ2n) is 6.38. The summed E-state index contributed by atoms with van der Waals surface area (Å²) in [4.78, 5) is 12.4. The van der Waals surface area contributed by atoms with Gasteiger partial charge >= 0.3 is 0 Å². The maximum absolute atomic E-state index is 12.4. The summed E-state index contributed by atoms with van der Waals surface area (Å²) in [6, 6.07) is 7.22. The van der Waals surface area contributed by atoms with Crippen LogP contribution in [0.25, 0.3) is 0 Å². The highest BCUT2D eigenvalue weighted by Gasteiger charge is 2.17. The number of amides is 1. The minimum atomic E-state index is -0.665. The monoisotopic (exact) mass is 407 g/mol. The number of nitrogens with one attached hydrogen (secondary N) is 1. The zero-order valence-electron chi connectivity index (χ0n) is 17.0. The largest absolute Gasteiger partial charge is 0.493 e. The third-order valence-electron chi connectivity index (χ3n) is 4.28. The third-order valence-corrected chi connectivity index (χ3v) is 4.88. The molecule has 0 radical (unpaired) electrons. The lowest BCUT2D eigenvalue weighted by molar-refractivity contribution is -0.127. The average molecular weight is 408 g/mol. The maximum Gasteiger partial charge on any atom is 0.261 e. The Kier molecular flexibility index (Phi) is 7.40. The summed E-state index contributed by atoms with van der Waals surface area (Å²) in [5, 5.41) is 3.56. The molecule has 1 N–H and O–H groups in total. The third kappa shape index (κ3) is 5.01. The van der Waals surface area contributed by atoms with E-state index in [1.807, 2.05) is 26.0 Å². The van der Waals surface area contributed by atoms with Gasteiger partial charge in [0.25, 0.3) is 5.91 Å². The van der Waals surface area contributed by atoms with Gasteiger partial charge in [0.15, 0.2) is 17.6 Å². The number of benzene rings is 2. The van der Waals surface area contributed by atoms with Crippen LogP contribution in [0.15, 0.2) is 24.3 Å². The molecule has 0 fully saturated rings. The minimum Gasteiger partial charge on any atom is -0.493 e. The molecule has 0 aromatic heterocycles. The molecule has 1 amide bonds. The Morgan fingerprint density at radius 2 is 1.54 bits per heavy atom. The van der Waals surface area contributed by atoms with E-state index in [-0.39, 0.29) is 5.91 Å². The van der Waals surface area contributed by atoms with Crippen molar-refractivity contribution in [2.24, 2.45) is 0 Å². The molecule has 0 aliphatic heterocycles. The molecule has 0 saturated heterocycles. The molecule has 0 heterocycles. The smallest absolute Gasteiger partial charge is 0.261 e. The summed E-state index contributed by atoms with van der Waals surface area (Å²) < 4.78 is 21.7. The van der Waals surface area contributed by atoms with E-state index in [1.54, 1.807) is 40.4 Å². The molecule has 0 unspecified atom stereocenters. The Bertz CT molecular complexity index is 805. The van der Waals surface area contributed by atoms with Gasteiger partial charge in [-0.05, 0) is 61.7 Å². The zero-order valence-corrected chi connectivity index (χ0v) is 17.8. The number of hydrogen-bond donors (Lipinski definition) is 1. The van der Waals surface area contributed by atoms with Gasteiger partial charge < -0.3 is 24.3 Å². The number of aryl methyl sites for hydroxylation is 2. The SMILES string of the molecule is COc1cc(CNC(=O)[C@H](C)Oc2cc(C)c(Cl)c(C)c2)cc(OC)c1OC. The van der Waals surface area contributed by atoms with Crippen molar-refractivity contribution >= 4 is 17.5 Å². The molecule has 1 atom stereocenters. The Hall–Kier alpha value is -2.60. The average Bonchev–Trinajstić information content (AvgIpc) is 2.68. The Morgan fingerprint density at radius 1 is 1.00 bits per heavy atom. The molecule has 2 rings (SSSR count). The van der Waals surface area contributed by atoms with Crippen molar-refractivity contribution in [2.45, 2.75) is 33.4 Å². The van der Waals surface area contributed by atoms with Crippen LogP contribution in [0.2, 0.25) is 5.02 Å². The Labute approximate surface area is 170 Å². The van der Waals surface area contributed by atoms with Crippen LogP contribution < -0.4 is 24.3 Å². The molecule has 152 valence electrons. The molecular formula is C21H26ClNO5. The highest BCUT2D eigenvalue weighted by Crippen LogP contribution is 2.38. The van der Waals surface area contributed by atoms with Crippen LogP contribution >= 0.6 is 11.6 Å². The van der Waals surface area contributed by atoms with Gasteiger partial charge in [-0.2, -0.15) is 0 Å². The molecule has 6 nitrogen and oxygen atoms in total. The minimum absolute atomic E-state index is 0.237. The molecule has 0 spiro atoms. The molecule has 0 aliphatic rings. The Balaban J connectivity index is 2.05. The second kappa shape index (κ2) is 9.55. The number of ether oxygens (including phenoxy) is 4. The lowest BCUT2D eigenvalue weighted by Crippen LogP contribution is -2.35. The molecule has 0 saturated carbocycles. The van der Waals surface area contributed by atoms with Gasteiger partial charge in [-0.25, -0.2) is 0 Å². The molecule has 2 aromatic rings. The van der Waals surface area contributed by atoms with Crippen LogP contribution in [0.1, 0.15) is 23.6 Å². The normalized spacial score (nSPS) is 11.5. The number of methoxy groups -OCH3 is 3. The molecule has 2 aromatic carbocycles. The summed E-state index contributed by atoms with van der Waals surface area (Å²) in [5.74, 6) is 1.93. The lowest BCUT2D eigenvalue weighted by atomic mass is 10.1. The first-order chi connectivity index (χ1) is 13.3. The molecule has 0 bridgehead atoms. The van der Waals surface area contributed by atoms with Gasteiger partial charge in [-0.1, -0.05) is 11.6 Å². The number of halogens is 1. The first kappa shape index (κ1) is 21.7. The van der Waals surface area contributed by atoms with Crippen LogP contribution in [-0.2, 0) is 11.3 Å². The van der Waals surface area contributed by atoms with E-state index in [1.165, 1.54) is 0 Å². The van der Waals surface area contributed by atoms with E-state index >= 15 is 0 Å². The molecule has 0 aliphatic carbocycles. The topological polar surface area (TPSA) is 66.0 Å². The number of carbonyl (C=O) groups is 1. The van der Waals surface area contributed by atoms with Gasteiger partial charge in [0, 0.05) is 11.6 Å². The van der Waals surface area contributed by atoms with Gasteiger partial charge in [0.05, 0.1) is 21.3 Å². The van der Waals surface area contributed by atoms with Crippen molar-refractivity contribution in [3.63, 3.8) is 0 Å². The predicted octanol–water partition coefficient (Wildman–Crippen LogP) is 4.07. The first-order valence-electron chi connectivity index (χ1n) is 8.80. The second-order valence-corrected chi connectivity index (χ2v) is 6.76. The lowest BCUT2D eigenvalue weighted by Gasteiger charge is -2.17. The van der Waals surface area contributed by atoms with Crippen molar-refractivity contribution in [2.75, 3.05) is 21.3 Å². The fraction of sp³-hybridized carbons (Fsp3) is 0.381. The summed E-state index contributed by atoms with van der Waals surface area (Å²) >= 11 is 6.17. The first-order valence-corrected chi connectivity index (χ1v) is 9.18. The van der Waals surface area contributed by atoms with E-state index in [0.717, 1.165) is 16.7 Å². The number of carbonyl (C=O) groups excluding carboxylic acids is 1. The predicted molar refractivity (Wildman–Crippen MR) is 109 cm³/mol. The number of hydrogen-bond acceptors (Lipinski definition) is 5. The van der Waals surface area contributed by atoms with E-state index in [9.17, 15) is 4.79 Å². The van der Waals surface area contributed by atoms with E-state index in [4.69, 9.17) is 30.5 Å². The van der Waals surface area contributed by atoms with Crippen molar-refractivity contribution < 1.29 is 23.7 Å². The fourth-order valence-electron chi connectivity index (χ4n) is 2.80. The van der Waals surface area contributed by atoms with Crippen LogP contribution in [0.4, 0.5) is 0 Å². The van der Waals surface area contributed by atoms with Crippen molar-refractivity contribution in [1.82, 2.24) is 5.32 Å². The van der Waals surface area contributed by atoms with Gasteiger partial charge in [0.2, 0.25) is 5.75 Å². The summed E-state index contributed by atoms with van der Waals surface area (Å²) in [5.41, 5.74) is 2.62. The summed E-state index contributed by atoms with van der Waals surface area (Å²) in [6.07, 6.45) is -0.665. The molecule has 28 heavy (non-hydrogen) atoms. The maximum atomic E-state index is 12.4. The fourth-order valence-corrected chi connectivity index (χ4v) is 2.91. The summed E-state index contributed by atoms with van der Waals surface area (Å²) in [7, 11) is 4.64. The van der Waals surface area contributed by atoms with E-state index in [0.29, 0.717) is 34.6 Å². The van der Waals surface area contributed by atoms with Crippen LogP contribution in [0.5, 0.6) is 23.0 Å². The van der Waals surface area contributed by atoms with Gasteiger partial charge in [0.1, 0.15) is 5.75 Å². The number of rotatable bonds is 8. The van der Waals surface area contributed by atoms with Gasteiger partial charge in [-0.15, -0.1) is 0 Å². The standard InChI is InChI=1S/C21H26ClNO5/c1-12-7-16(8-13(2)19(12)22)28-14(3)21(24)23-11-15-9-17(25-4)20(27-6)18(10-15)26-5/h7-10,14H,11H2,1-6H3,(H,23,24)/t14-/m0/s1. The highest BCUT2D eigenvalue weighted by molar-refractivity contribution is 6.32. The van der Waals surface area contributed by atoms with Crippen molar-refractivity contribution in [1.29, 1.82) is 0 Å². The molecule has 7 heteroatoms. The van der Waals surface area contributed by atoms with Crippen molar-refractivity contribution in [3.05, 3.63) is 46.0 Å². The van der Waals surface area contributed by atoms with E-state index in [2.05, 4.69) is 5.32 Å². The van der Waals surface area contributed by atoms with Crippen LogP contribution in [-0.4, -0.2) is 33.3 Å². The van der Waals surface area contributed by atoms with Crippen LogP contribution in [0, 0.1) is 13.8 Å². The molecular weight excluding hydrogens is 382 g/mol. The van der Waals surface area contributed by atoms with Crippen molar-refractivity contribution in [3.8, 4) is 23.0 Å². The van der Waals surface area contributed by atoms with E-state index < -0.39 is 6.10 Å². The quantitative estimate of drug-likeness (QED) is 0.714. The van der Waals surface area contributed by atoms with Crippen LogP contribution in [0.3, 0.4) is 0 Å². The Morgan fingerprint density at radius 3 is 2.00 bits per heavy atom. The summed E-state index contributed by atoms with van der Waals surface area (Å²) in [6.45, 7) is 5.79. The van der Waals surface area contributed by atoms with Gasteiger partial charge in [-0.3, -0.25) is 4.79 Å². The highest BCUT2D eigenvalue weighted by atomic mass is 35.5. The zero-order chi connectivity index (χ0) is 20.8.